The van der Waals surface area contributed by atoms with Crippen LogP contribution in [0.15, 0.2) is 18.2 Å². The first-order valence-corrected chi connectivity index (χ1v) is 7.52. The molecule has 6 nitrogen and oxygen atoms in total. The molecule has 0 bridgehead atoms. The second kappa shape index (κ2) is 5.87. The van der Waals surface area contributed by atoms with E-state index in [2.05, 4.69) is 10.2 Å². The molecular weight excluding hydrogens is 284 g/mol. The van der Waals surface area contributed by atoms with Gasteiger partial charge in [0.05, 0.1) is 19.3 Å². The van der Waals surface area contributed by atoms with E-state index in [1.165, 1.54) is 0 Å². The van der Waals surface area contributed by atoms with Gasteiger partial charge in [-0.25, -0.2) is 4.79 Å². The molecule has 2 fully saturated rings. The van der Waals surface area contributed by atoms with Gasteiger partial charge in [-0.1, -0.05) is 0 Å². The van der Waals surface area contributed by atoms with E-state index in [0.29, 0.717) is 18.2 Å². The van der Waals surface area contributed by atoms with E-state index >= 15 is 0 Å². The molecular formula is C16H22N2O4. The highest BCUT2D eigenvalue weighted by atomic mass is 16.5. The quantitative estimate of drug-likeness (QED) is 0.731. The molecule has 0 spiro atoms. The van der Waals surface area contributed by atoms with Crippen molar-refractivity contribution in [1.29, 1.82) is 0 Å². The summed E-state index contributed by atoms with van der Waals surface area (Å²) < 4.78 is 5.35. The number of hydrogen-bond donors (Lipinski definition) is 3. The summed E-state index contributed by atoms with van der Waals surface area (Å²) in [6, 6.07) is 4.95. The number of ether oxygens (including phenoxy) is 1. The number of nitrogens with zero attached hydrogens (tertiary/aromatic N) is 1. The molecule has 1 aromatic carbocycles. The summed E-state index contributed by atoms with van der Waals surface area (Å²) >= 11 is 0. The molecule has 2 unspecified atom stereocenters. The van der Waals surface area contributed by atoms with E-state index < -0.39 is 5.97 Å². The second-order valence-electron chi connectivity index (χ2n) is 6.35. The Bertz CT molecular complexity index is 577. The minimum atomic E-state index is -0.932. The number of benzene rings is 1. The number of rotatable bonds is 5. The number of carboxylic acid groups (broad SMARTS) is 1. The summed E-state index contributed by atoms with van der Waals surface area (Å²) in [7, 11) is 1.59. The van der Waals surface area contributed by atoms with Gasteiger partial charge in [0.25, 0.3) is 0 Å². The lowest BCUT2D eigenvalue weighted by Gasteiger charge is -2.25. The number of aliphatic hydroxyl groups is 1. The average Bonchev–Trinajstić information content (AvgIpc) is 3.04. The number of nitrogens with one attached hydrogen (secondary N) is 1. The van der Waals surface area contributed by atoms with E-state index in [-0.39, 0.29) is 17.6 Å². The Kier molecular flexibility index (Phi) is 4.08. The molecule has 1 aromatic rings. The predicted octanol–water partition coefficient (Wildman–Crippen LogP) is 0.407. The fraction of sp³-hybridized carbons (Fsp3) is 0.562. The Labute approximate surface area is 129 Å². The molecule has 2 atom stereocenters. The van der Waals surface area contributed by atoms with Crippen LogP contribution >= 0.6 is 0 Å². The second-order valence-corrected chi connectivity index (χ2v) is 6.35. The summed E-state index contributed by atoms with van der Waals surface area (Å²) in [4.78, 5) is 13.4. The van der Waals surface area contributed by atoms with Gasteiger partial charge in [-0.05, 0) is 30.7 Å². The first kappa shape index (κ1) is 15.3. The lowest BCUT2D eigenvalue weighted by atomic mass is 9.82. The van der Waals surface area contributed by atoms with Crippen LogP contribution in [0.2, 0.25) is 0 Å². The number of fused-ring (bicyclic) bond motifs is 1. The highest BCUT2D eigenvalue weighted by Gasteiger charge is 2.49. The van der Waals surface area contributed by atoms with Crippen molar-refractivity contribution in [3.8, 4) is 5.75 Å². The standard InChI is InChI=1S/C16H22N2O4/c1-22-14-3-2-11(15(20)21)4-12(14)6-18-7-13-5-17-8-16(13,9-18)10-19/h2-4,13,17,19H,5-10H2,1H3,(H,20,21). The third-order valence-electron chi connectivity index (χ3n) is 4.99. The maximum Gasteiger partial charge on any atom is 0.335 e. The summed E-state index contributed by atoms with van der Waals surface area (Å²) in [5.41, 5.74) is 1.09. The smallest absolute Gasteiger partial charge is 0.335 e. The molecule has 2 aliphatic rings. The Morgan fingerprint density at radius 2 is 2.36 bits per heavy atom. The normalized spacial score (nSPS) is 27.8. The van der Waals surface area contributed by atoms with Gasteiger partial charge < -0.3 is 20.3 Å². The van der Waals surface area contributed by atoms with E-state index in [4.69, 9.17) is 9.84 Å². The zero-order chi connectivity index (χ0) is 15.7. The van der Waals surface area contributed by atoms with Crippen molar-refractivity contribution in [2.45, 2.75) is 6.54 Å². The van der Waals surface area contributed by atoms with E-state index in [9.17, 15) is 9.90 Å². The molecule has 0 amide bonds. The Balaban J connectivity index is 1.79. The predicted molar refractivity (Wildman–Crippen MR) is 81.1 cm³/mol. The fourth-order valence-electron chi connectivity index (χ4n) is 3.75. The van der Waals surface area contributed by atoms with Crippen LogP contribution < -0.4 is 10.1 Å². The Morgan fingerprint density at radius 1 is 1.55 bits per heavy atom. The van der Waals surface area contributed by atoms with Crippen molar-refractivity contribution in [2.75, 3.05) is 39.9 Å². The van der Waals surface area contributed by atoms with Crippen LogP contribution in [0, 0.1) is 11.3 Å². The summed E-state index contributed by atoms with van der Waals surface area (Å²) in [6.07, 6.45) is 0. The van der Waals surface area contributed by atoms with E-state index in [0.717, 1.165) is 31.7 Å². The number of carbonyl (C=O) groups is 1. The van der Waals surface area contributed by atoms with Crippen LogP contribution in [0.5, 0.6) is 5.75 Å². The number of hydrogen-bond acceptors (Lipinski definition) is 5. The van der Waals surface area contributed by atoms with Crippen molar-refractivity contribution >= 4 is 5.97 Å². The monoisotopic (exact) mass is 306 g/mol. The van der Waals surface area contributed by atoms with Gasteiger partial charge in [0.15, 0.2) is 0 Å². The van der Waals surface area contributed by atoms with Crippen LogP contribution in [0.1, 0.15) is 15.9 Å². The fourth-order valence-corrected chi connectivity index (χ4v) is 3.75. The molecule has 3 N–H and O–H groups in total. The molecule has 22 heavy (non-hydrogen) atoms. The van der Waals surface area contributed by atoms with Crippen molar-refractivity contribution in [2.24, 2.45) is 11.3 Å². The van der Waals surface area contributed by atoms with Crippen molar-refractivity contribution in [3.63, 3.8) is 0 Å². The molecule has 0 aliphatic carbocycles. The molecule has 120 valence electrons. The number of methoxy groups -OCH3 is 1. The van der Waals surface area contributed by atoms with Gasteiger partial charge in [0, 0.05) is 37.2 Å². The maximum atomic E-state index is 11.2. The summed E-state index contributed by atoms with van der Waals surface area (Å²) in [6.45, 7) is 4.34. The van der Waals surface area contributed by atoms with Gasteiger partial charge >= 0.3 is 5.97 Å². The van der Waals surface area contributed by atoms with Gasteiger partial charge in [-0.2, -0.15) is 0 Å². The highest BCUT2D eigenvalue weighted by Crippen LogP contribution is 2.39. The molecule has 6 heteroatoms. The van der Waals surface area contributed by atoms with Gasteiger partial charge in [-0.3, -0.25) is 4.90 Å². The van der Waals surface area contributed by atoms with Crippen LogP contribution in [0.25, 0.3) is 0 Å². The minimum Gasteiger partial charge on any atom is -0.496 e. The minimum absolute atomic E-state index is 0.0579. The topological polar surface area (TPSA) is 82.0 Å². The summed E-state index contributed by atoms with van der Waals surface area (Å²) in [5, 5.41) is 22.3. The molecule has 2 heterocycles. The number of aromatic carboxylic acids is 1. The molecule has 0 aromatic heterocycles. The van der Waals surface area contributed by atoms with Crippen LogP contribution in [0.3, 0.4) is 0 Å². The van der Waals surface area contributed by atoms with E-state index in [1.807, 2.05) is 0 Å². The number of aliphatic hydroxyl groups excluding tert-OH is 1. The lowest BCUT2D eigenvalue weighted by molar-refractivity contribution is 0.0696. The van der Waals surface area contributed by atoms with Crippen LogP contribution in [-0.2, 0) is 6.54 Å². The zero-order valence-electron chi connectivity index (χ0n) is 12.7. The lowest BCUT2D eigenvalue weighted by Crippen LogP contribution is -2.35. The molecule has 2 aliphatic heterocycles. The van der Waals surface area contributed by atoms with Crippen molar-refractivity contribution < 1.29 is 19.7 Å². The molecule has 0 saturated carbocycles. The van der Waals surface area contributed by atoms with Crippen molar-refractivity contribution in [1.82, 2.24) is 10.2 Å². The highest BCUT2D eigenvalue weighted by molar-refractivity contribution is 5.88. The first-order chi connectivity index (χ1) is 10.6. The van der Waals surface area contributed by atoms with Crippen LogP contribution in [-0.4, -0.2) is 61.0 Å². The third kappa shape index (κ3) is 2.58. The zero-order valence-corrected chi connectivity index (χ0v) is 12.7. The molecule has 2 saturated heterocycles. The molecule has 0 radical (unpaired) electrons. The third-order valence-corrected chi connectivity index (χ3v) is 4.99. The maximum absolute atomic E-state index is 11.2. The largest absolute Gasteiger partial charge is 0.496 e. The van der Waals surface area contributed by atoms with Gasteiger partial charge in [0.1, 0.15) is 5.75 Å². The van der Waals surface area contributed by atoms with Crippen molar-refractivity contribution in [3.05, 3.63) is 29.3 Å². The van der Waals surface area contributed by atoms with E-state index in [1.54, 1.807) is 25.3 Å². The number of likely N-dealkylation sites (tertiary alicyclic amines) is 1. The average molecular weight is 306 g/mol. The SMILES string of the molecule is COc1ccc(C(=O)O)cc1CN1CC2CNCC2(CO)C1. The Morgan fingerprint density at radius 3 is 3.00 bits per heavy atom. The first-order valence-electron chi connectivity index (χ1n) is 7.52. The Hall–Kier alpha value is -1.63. The van der Waals surface area contributed by atoms with Gasteiger partial charge in [0.2, 0.25) is 0 Å². The molecule has 3 rings (SSSR count). The summed E-state index contributed by atoms with van der Waals surface area (Å²) in [5.74, 6) is 0.225. The van der Waals surface area contributed by atoms with Gasteiger partial charge in [-0.15, -0.1) is 0 Å². The van der Waals surface area contributed by atoms with Crippen LogP contribution in [0.4, 0.5) is 0 Å². The number of carboxylic acids is 1.